The van der Waals surface area contributed by atoms with Crippen molar-refractivity contribution in [2.45, 2.75) is 19.8 Å². The highest BCUT2D eigenvalue weighted by Crippen LogP contribution is 2.19. The predicted octanol–water partition coefficient (Wildman–Crippen LogP) is 3.03. The molecule has 0 amide bonds. The zero-order valence-electron chi connectivity index (χ0n) is 9.19. The van der Waals surface area contributed by atoms with Gasteiger partial charge in [0, 0.05) is 24.3 Å². The van der Waals surface area contributed by atoms with Crippen molar-refractivity contribution in [2.75, 3.05) is 17.6 Å². The first-order chi connectivity index (χ1) is 6.75. The van der Waals surface area contributed by atoms with Crippen molar-refractivity contribution in [2.24, 2.45) is 4.99 Å². The van der Waals surface area contributed by atoms with Crippen LogP contribution < -0.4 is 11.1 Å². The van der Waals surface area contributed by atoms with E-state index in [0.717, 1.165) is 36.6 Å². The molecule has 0 spiro atoms. The van der Waals surface area contributed by atoms with E-state index in [0.29, 0.717) is 0 Å². The third-order valence-electron chi connectivity index (χ3n) is 2.40. The lowest BCUT2D eigenvalue weighted by molar-refractivity contribution is 0.951. The molecule has 0 fully saturated rings. The monoisotopic (exact) mass is 261 g/mol. The van der Waals surface area contributed by atoms with Crippen molar-refractivity contribution in [3.63, 3.8) is 0 Å². The molecule has 0 aliphatic carbocycles. The second-order valence-corrected chi connectivity index (χ2v) is 3.63. The molecule has 0 bridgehead atoms. The summed E-state index contributed by atoms with van der Waals surface area (Å²) in [5.41, 5.74) is 8.76. The lowest BCUT2D eigenvalue weighted by atomic mass is 10.2. The maximum Gasteiger partial charge on any atom is 0.101 e. The fourth-order valence-electron chi connectivity index (χ4n) is 1.62. The Morgan fingerprint density at radius 2 is 2.06 bits per heavy atom. The van der Waals surface area contributed by atoms with Crippen LogP contribution in [0.15, 0.2) is 23.2 Å². The van der Waals surface area contributed by atoms with E-state index in [1.165, 1.54) is 5.56 Å². The Bertz CT molecular complexity index is 377. The number of hydrogen-bond donors (Lipinski definition) is 2. The number of halogens is 2. The van der Waals surface area contributed by atoms with Crippen LogP contribution in [-0.2, 0) is 0 Å². The third kappa shape index (κ3) is 3.58. The van der Waals surface area contributed by atoms with Gasteiger partial charge in [-0.15, -0.1) is 24.8 Å². The average Bonchev–Trinajstić information content (AvgIpc) is 2.62. The molecule has 1 aromatic rings. The van der Waals surface area contributed by atoms with Crippen molar-refractivity contribution < 1.29 is 0 Å². The normalized spacial score (nSPS) is 13.4. The highest BCUT2D eigenvalue weighted by Gasteiger charge is 2.07. The lowest BCUT2D eigenvalue weighted by Gasteiger charge is -2.09. The van der Waals surface area contributed by atoms with Crippen LogP contribution >= 0.6 is 24.8 Å². The largest absolute Gasteiger partial charge is 0.399 e. The number of benzene rings is 1. The van der Waals surface area contributed by atoms with Crippen LogP contribution in [0.3, 0.4) is 0 Å². The second-order valence-electron chi connectivity index (χ2n) is 3.63. The topological polar surface area (TPSA) is 50.4 Å². The van der Waals surface area contributed by atoms with Gasteiger partial charge in [0.25, 0.3) is 0 Å². The first-order valence-corrected chi connectivity index (χ1v) is 4.92. The summed E-state index contributed by atoms with van der Waals surface area (Å²) in [7, 11) is 0. The maximum atomic E-state index is 5.68. The van der Waals surface area contributed by atoms with Gasteiger partial charge in [-0.05, 0) is 37.1 Å². The SMILES string of the molecule is Cc1cc(N)ccc1NC1=NCCC1.Cl.Cl. The molecule has 1 heterocycles. The zero-order chi connectivity index (χ0) is 9.97. The molecule has 5 heteroatoms. The van der Waals surface area contributed by atoms with E-state index in [4.69, 9.17) is 5.73 Å². The Morgan fingerprint density at radius 1 is 1.31 bits per heavy atom. The van der Waals surface area contributed by atoms with E-state index in [1.807, 2.05) is 25.1 Å². The van der Waals surface area contributed by atoms with Gasteiger partial charge in [0.05, 0.1) is 0 Å². The second kappa shape index (κ2) is 6.61. The fraction of sp³-hybridized carbons (Fsp3) is 0.364. The number of nitrogens with zero attached hydrogens (tertiary/aromatic N) is 1. The van der Waals surface area contributed by atoms with Crippen molar-refractivity contribution in [3.8, 4) is 0 Å². The minimum Gasteiger partial charge on any atom is -0.399 e. The molecule has 2 rings (SSSR count). The van der Waals surface area contributed by atoms with Crippen LogP contribution in [0.5, 0.6) is 0 Å². The number of nitrogens with one attached hydrogen (secondary N) is 1. The lowest BCUT2D eigenvalue weighted by Crippen LogP contribution is -2.09. The minimum atomic E-state index is 0. The zero-order valence-corrected chi connectivity index (χ0v) is 10.8. The smallest absolute Gasteiger partial charge is 0.101 e. The molecule has 0 saturated carbocycles. The molecule has 1 aliphatic rings. The molecule has 90 valence electrons. The Labute approximate surface area is 108 Å². The molecular weight excluding hydrogens is 245 g/mol. The Hall–Kier alpha value is -0.930. The molecule has 16 heavy (non-hydrogen) atoms. The molecule has 1 aliphatic heterocycles. The standard InChI is InChI=1S/C11H15N3.2ClH/c1-8-7-9(12)4-5-10(8)14-11-3-2-6-13-11;;/h4-5,7H,2-3,6,12H2,1H3,(H,13,14);2*1H. The number of amidine groups is 1. The van der Waals surface area contributed by atoms with Gasteiger partial charge in [-0.25, -0.2) is 0 Å². The fourth-order valence-corrected chi connectivity index (χ4v) is 1.62. The van der Waals surface area contributed by atoms with Crippen LogP contribution in [-0.4, -0.2) is 12.4 Å². The first kappa shape index (κ1) is 15.1. The van der Waals surface area contributed by atoms with E-state index in [1.54, 1.807) is 0 Å². The van der Waals surface area contributed by atoms with Gasteiger partial charge in [-0.2, -0.15) is 0 Å². The summed E-state index contributed by atoms with van der Waals surface area (Å²) >= 11 is 0. The van der Waals surface area contributed by atoms with Crippen LogP contribution in [0.25, 0.3) is 0 Å². The first-order valence-electron chi connectivity index (χ1n) is 4.92. The van der Waals surface area contributed by atoms with Crippen LogP contribution in [0.1, 0.15) is 18.4 Å². The van der Waals surface area contributed by atoms with E-state index in [-0.39, 0.29) is 24.8 Å². The van der Waals surface area contributed by atoms with E-state index < -0.39 is 0 Å². The van der Waals surface area contributed by atoms with Crippen LogP contribution in [0.2, 0.25) is 0 Å². The summed E-state index contributed by atoms with van der Waals surface area (Å²) in [5.74, 6) is 1.10. The Morgan fingerprint density at radius 3 is 2.62 bits per heavy atom. The molecule has 0 aromatic heterocycles. The summed E-state index contributed by atoms with van der Waals surface area (Å²) in [4.78, 5) is 4.37. The van der Waals surface area contributed by atoms with Crippen LogP contribution in [0.4, 0.5) is 11.4 Å². The highest BCUT2D eigenvalue weighted by molar-refractivity contribution is 5.97. The van der Waals surface area contributed by atoms with Crippen LogP contribution in [0, 0.1) is 6.92 Å². The molecule has 1 aromatic carbocycles. The van der Waals surface area contributed by atoms with Gasteiger partial charge in [0.2, 0.25) is 0 Å². The number of anilines is 2. The number of aliphatic imine (C=N–C) groups is 1. The third-order valence-corrected chi connectivity index (χ3v) is 2.40. The number of aryl methyl sites for hydroxylation is 1. The maximum absolute atomic E-state index is 5.68. The molecule has 0 unspecified atom stereocenters. The summed E-state index contributed by atoms with van der Waals surface area (Å²) in [6, 6.07) is 5.88. The van der Waals surface area contributed by atoms with Gasteiger partial charge in [0.15, 0.2) is 0 Å². The van der Waals surface area contributed by atoms with Crippen molar-refractivity contribution in [1.29, 1.82) is 0 Å². The summed E-state index contributed by atoms with van der Waals surface area (Å²) < 4.78 is 0. The number of nitrogen functional groups attached to an aromatic ring is 1. The van der Waals surface area contributed by atoms with Crippen molar-refractivity contribution >= 4 is 42.0 Å². The van der Waals surface area contributed by atoms with E-state index in [2.05, 4.69) is 10.3 Å². The van der Waals surface area contributed by atoms with Crippen molar-refractivity contribution in [1.82, 2.24) is 0 Å². The molecule has 0 saturated heterocycles. The molecule has 3 N–H and O–H groups in total. The average molecular weight is 262 g/mol. The minimum absolute atomic E-state index is 0. The number of rotatable bonds is 1. The van der Waals surface area contributed by atoms with E-state index in [9.17, 15) is 0 Å². The van der Waals surface area contributed by atoms with Gasteiger partial charge < -0.3 is 11.1 Å². The number of hydrogen-bond acceptors (Lipinski definition) is 3. The Kier molecular flexibility index (Phi) is 6.22. The quantitative estimate of drug-likeness (QED) is 0.764. The molecule has 0 atom stereocenters. The van der Waals surface area contributed by atoms with Crippen molar-refractivity contribution in [3.05, 3.63) is 23.8 Å². The summed E-state index contributed by atoms with van der Waals surface area (Å²) in [6.07, 6.45) is 2.22. The van der Waals surface area contributed by atoms with Gasteiger partial charge >= 0.3 is 0 Å². The molecule has 0 radical (unpaired) electrons. The van der Waals surface area contributed by atoms with Gasteiger partial charge in [-0.1, -0.05) is 0 Å². The molecular formula is C11H17Cl2N3. The van der Waals surface area contributed by atoms with E-state index >= 15 is 0 Å². The predicted molar refractivity (Wildman–Crippen MR) is 75.2 cm³/mol. The van der Waals surface area contributed by atoms with Gasteiger partial charge in [-0.3, -0.25) is 4.99 Å². The summed E-state index contributed by atoms with van der Waals surface area (Å²) in [6.45, 7) is 3.00. The Balaban J connectivity index is 0.00000112. The number of nitrogens with two attached hydrogens (primary N) is 1. The van der Waals surface area contributed by atoms with Gasteiger partial charge in [0.1, 0.15) is 5.84 Å². The molecule has 3 nitrogen and oxygen atoms in total. The summed E-state index contributed by atoms with van der Waals surface area (Å²) in [5, 5.41) is 3.33. The highest BCUT2D eigenvalue weighted by atomic mass is 35.5.